The van der Waals surface area contributed by atoms with E-state index in [-0.39, 0.29) is 5.57 Å². The Morgan fingerprint density at radius 1 is 1.07 bits per heavy atom. The van der Waals surface area contributed by atoms with E-state index in [4.69, 9.17) is 4.74 Å². The van der Waals surface area contributed by atoms with Crippen molar-refractivity contribution < 1.29 is 13.9 Å². The number of rotatable bonds is 6. The molecule has 1 amide bonds. The van der Waals surface area contributed by atoms with Crippen LogP contribution in [0.15, 0.2) is 81.2 Å². The predicted octanol–water partition coefficient (Wildman–Crippen LogP) is 6.48. The molecule has 0 bridgehead atoms. The Balaban J connectivity index is 1.71. The molecule has 0 atom stereocenters. The summed E-state index contributed by atoms with van der Waals surface area (Å²) in [7, 11) is 0. The lowest BCUT2D eigenvalue weighted by Gasteiger charge is -2.10. The van der Waals surface area contributed by atoms with Gasteiger partial charge in [0.25, 0.3) is 5.91 Å². The third kappa shape index (κ3) is 5.78. The molecule has 3 aromatic rings. The number of nitrogens with one attached hydrogen (secondary N) is 1. The molecule has 0 aliphatic rings. The Bertz CT molecular complexity index is 1140. The summed E-state index contributed by atoms with van der Waals surface area (Å²) < 4.78 is 20.5. The van der Waals surface area contributed by atoms with Gasteiger partial charge in [-0.15, -0.1) is 0 Å². The number of carbonyl (C=O) groups is 1. The predicted molar refractivity (Wildman–Crippen MR) is 121 cm³/mol. The number of ether oxygens (including phenoxy) is 1. The molecule has 0 aliphatic carbocycles. The number of hydrogen-bond donors (Lipinski definition) is 1. The summed E-state index contributed by atoms with van der Waals surface area (Å²) in [6.45, 7) is 0.388. The second-order valence-electron chi connectivity index (χ2n) is 6.20. The summed E-state index contributed by atoms with van der Waals surface area (Å²) in [5.41, 5.74) is 1.99. The van der Waals surface area contributed by atoms with Crippen molar-refractivity contribution in [2.75, 3.05) is 5.32 Å². The van der Waals surface area contributed by atoms with Crippen LogP contribution < -0.4 is 10.1 Å². The fourth-order valence-corrected chi connectivity index (χ4v) is 3.45. The average Bonchev–Trinajstić information content (AvgIpc) is 2.74. The molecule has 0 saturated carbocycles. The maximum Gasteiger partial charge on any atom is 0.266 e. The smallest absolute Gasteiger partial charge is 0.266 e. The molecule has 30 heavy (non-hydrogen) atoms. The fourth-order valence-electron chi connectivity index (χ4n) is 2.54. The third-order valence-corrected chi connectivity index (χ3v) is 5.47. The zero-order valence-corrected chi connectivity index (χ0v) is 18.7. The van der Waals surface area contributed by atoms with Gasteiger partial charge in [0.15, 0.2) is 0 Å². The van der Waals surface area contributed by atoms with Gasteiger partial charge in [-0.2, -0.15) is 5.26 Å². The van der Waals surface area contributed by atoms with Crippen LogP contribution >= 0.6 is 31.9 Å². The van der Waals surface area contributed by atoms with Crippen molar-refractivity contribution in [2.45, 2.75) is 6.61 Å². The lowest BCUT2D eigenvalue weighted by Crippen LogP contribution is -2.13. The van der Waals surface area contributed by atoms with E-state index < -0.39 is 11.7 Å². The van der Waals surface area contributed by atoms with Crippen molar-refractivity contribution in [3.63, 3.8) is 0 Å². The van der Waals surface area contributed by atoms with E-state index in [1.54, 1.807) is 18.2 Å². The van der Waals surface area contributed by atoms with Gasteiger partial charge in [-0.05, 0) is 70.0 Å². The van der Waals surface area contributed by atoms with Crippen molar-refractivity contribution in [3.05, 3.63) is 98.2 Å². The Morgan fingerprint density at radius 2 is 1.80 bits per heavy atom. The van der Waals surface area contributed by atoms with E-state index in [9.17, 15) is 14.4 Å². The van der Waals surface area contributed by atoms with Crippen molar-refractivity contribution in [1.82, 2.24) is 0 Å². The molecule has 3 rings (SSSR count). The average molecular weight is 530 g/mol. The molecule has 0 aromatic heterocycles. The summed E-state index contributed by atoms with van der Waals surface area (Å²) in [5.74, 6) is -0.345. The molecule has 0 saturated heterocycles. The molecule has 1 N–H and O–H groups in total. The highest BCUT2D eigenvalue weighted by Gasteiger charge is 2.11. The van der Waals surface area contributed by atoms with Crippen LogP contribution in [0.1, 0.15) is 11.1 Å². The van der Waals surface area contributed by atoms with Gasteiger partial charge in [0.2, 0.25) is 0 Å². The first kappa shape index (κ1) is 21.8. The van der Waals surface area contributed by atoms with Gasteiger partial charge in [0.1, 0.15) is 29.8 Å². The van der Waals surface area contributed by atoms with Crippen molar-refractivity contribution in [2.24, 2.45) is 0 Å². The minimum Gasteiger partial charge on any atom is -0.488 e. The molecule has 3 aromatic carbocycles. The molecule has 150 valence electrons. The van der Waals surface area contributed by atoms with Crippen LogP contribution in [0.2, 0.25) is 0 Å². The van der Waals surface area contributed by atoms with E-state index in [0.717, 1.165) is 10.0 Å². The minimum absolute atomic E-state index is 0.0758. The third-order valence-electron chi connectivity index (χ3n) is 4.08. The molecular weight excluding hydrogens is 515 g/mol. The van der Waals surface area contributed by atoms with Crippen molar-refractivity contribution in [3.8, 4) is 11.8 Å². The van der Waals surface area contributed by atoms with Crippen LogP contribution in [0, 0.1) is 17.1 Å². The number of carbonyl (C=O) groups excluding carboxylic acids is 1. The highest BCUT2D eigenvalue weighted by Crippen LogP contribution is 2.28. The molecule has 0 spiro atoms. The molecular formula is C23H15Br2FN2O2. The van der Waals surface area contributed by atoms with Crippen molar-refractivity contribution in [1.29, 1.82) is 5.26 Å². The van der Waals surface area contributed by atoms with Crippen LogP contribution in [0.5, 0.6) is 5.75 Å². The SMILES string of the molecule is N#C/C(=C\c1ccc(OCc2ccccc2Br)c(Br)c1)C(=O)Nc1ccc(F)cc1. The van der Waals surface area contributed by atoms with Gasteiger partial charge in [-0.3, -0.25) is 4.79 Å². The summed E-state index contributed by atoms with van der Waals surface area (Å²) in [6, 6.07) is 20.3. The minimum atomic E-state index is -0.575. The van der Waals surface area contributed by atoms with Crippen LogP contribution in [-0.4, -0.2) is 5.91 Å². The topological polar surface area (TPSA) is 62.1 Å². The molecule has 7 heteroatoms. The quantitative estimate of drug-likeness (QED) is 0.294. The molecule has 0 fully saturated rings. The van der Waals surface area contributed by atoms with Gasteiger partial charge < -0.3 is 10.1 Å². The Hall–Kier alpha value is -2.95. The standard InChI is InChI=1S/C23H15Br2FN2O2/c24-20-4-2-1-3-16(20)14-30-22-10-5-15(12-21(22)25)11-17(13-27)23(29)28-19-8-6-18(26)7-9-19/h1-12H,14H2,(H,28,29)/b17-11+. The van der Waals surface area contributed by atoms with E-state index in [1.165, 1.54) is 30.3 Å². The van der Waals surface area contributed by atoms with Crippen LogP contribution in [-0.2, 0) is 11.4 Å². The Morgan fingerprint density at radius 3 is 2.47 bits per heavy atom. The first-order chi connectivity index (χ1) is 14.5. The van der Waals surface area contributed by atoms with Gasteiger partial charge in [-0.1, -0.05) is 40.2 Å². The number of amides is 1. The maximum absolute atomic E-state index is 13.0. The molecule has 0 unspecified atom stereocenters. The summed E-state index contributed by atoms with van der Waals surface area (Å²) >= 11 is 6.95. The maximum atomic E-state index is 13.0. The van der Waals surface area contributed by atoms with Crippen LogP contribution in [0.25, 0.3) is 6.08 Å². The fraction of sp³-hybridized carbons (Fsp3) is 0.0435. The van der Waals surface area contributed by atoms with Gasteiger partial charge in [0, 0.05) is 15.7 Å². The van der Waals surface area contributed by atoms with Gasteiger partial charge in [0.05, 0.1) is 4.47 Å². The number of benzene rings is 3. The lowest BCUT2D eigenvalue weighted by molar-refractivity contribution is -0.112. The zero-order valence-electron chi connectivity index (χ0n) is 15.5. The monoisotopic (exact) mass is 528 g/mol. The molecule has 0 radical (unpaired) electrons. The molecule has 0 aliphatic heterocycles. The number of nitrogens with zero attached hydrogens (tertiary/aromatic N) is 1. The number of halogens is 3. The molecule has 4 nitrogen and oxygen atoms in total. The summed E-state index contributed by atoms with van der Waals surface area (Å²) in [6.07, 6.45) is 1.47. The first-order valence-corrected chi connectivity index (χ1v) is 10.4. The van der Waals surface area contributed by atoms with Gasteiger partial charge >= 0.3 is 0 Å². The van der Waals surface area contributed by atoms with Crippen LogP contribution in [0.4, 0.5) is 10.1 Å². The highest BCUT2D eigenvalue weighted by molar-refractivity contribution is 9.10. The number of nitriles is 1. The first-order valence-electron chi connectivity index (χ1n) is 8.81. The van der Waals surface area contributed by atoms with Crippen LogP contribution in [0.3, 0.4) is 0 Å². The lowest BCUT2D eigenvalue weighted by atomic mass is 10.1. The summed E-state index contributed by atoms with van der Waals surface area (Å²) in [5, 5.41) is 11.9. The van der Waals surface area contributed by atoms with Crippen molar-refractivity contribution >= 4 is 49.5 Å². The second-order valence-corrected chi connectivity index (χ2v) is 7.91. The Labute approximate surface area is 190 Å². The highest BCUT2D eigenvalue weighted by atomic mass is 79.9. The largest absolute Gasteiger partial charge is 0.488 e. The molecule has 0 heterocycles. The van der Waals surface area contributed by atoms with E-state index in [1.807, 2.05) is 30.3 Å². The van der Waals surface area contributed by atoms with E-state index >= 15 is 0 Å². The normalized spacial score (nSPS) is 10.9. The van der Waals surface area contributed by atoms with E-state index in [2.05, 4.69) is 37.2 Å². The van der Waals surface area contributed by atoms with E-state index in [0.29, 0.717) is 28.1 Å². The number of hydrogen-bond acceptors (Lipinski definition) is 3. The Kier molecular flexibility index (Phi) is 7.39. The summed E-state index contributed by atoms with van der Waals surface area (Å²) in [4.78, 5) is 12.3. The van der Waals surface area contributed by atoms with Gasteiger partial charge in [-0.25, -0.2) is 4.39 Å². The number of anilines is 1. The second kappa shape index (κ2) is 10.2. The zero-order chi connectivity index (χ0) is 21.5.